The largest absolute Gasteiger partial charge is 0.495 e. The van der Waals surface area contributed by atoms with E-state index in [1.165, 1.54) is 0 Å². The van der Waals surface area contributed by atoms with Gasteiger partial charge in [-0.2, -0.15) is 5.10 Å². The minimum absolute atomic E-state index is 0.654. The van der Waals surface area contributed by atoms with Crippen LogP contribution in [0.2, 0.25) is 5.02 Å². The molecule has 0 saturated heterocycles. The normalized spacial score (nSPS) is 10.8. The van der Waals surface area contributed by atoms with E-state index in [0.29, 0.717) is 11.6 Å². The quantitative estimate of drug-likeness (QED) is 0.849. The maximum absolute atomic E-state index is 6.12. The maximum atomic E-state index is 6.12. The molecule has 0 spiro atoms. The lowest BCUT2D eigenvalue weighted by Crippen LogP contribution is -2.07. The Morgan fingerprint density at radius 2 is 2.14 bits per heavy atom. The van der Waals surface area contributed by atoms with Crippen molar-refractivity contribution in [1.82, 2.24) is 9.78 Å². The molecule has 0 bridgehead atoms. The van der Waals surface area contributed by atoms with Crippen LogP contribution in [-0.2, 0) is 20.0 Å². The van der Waals surface area contributed by atoms with Crippen LogP contribution in [-0.4, -0.2) is 16.9 Å². The molecule has 0 aliphatic heterocycles. The van der Waals surface area contributed by atoms with Crippen LogP contribution >= 0.6 is 27.5 Å². The molecule has 4 nitrogen and oxygen atoms in total. The van der Waals surface area contributed by atoms with Crippen LogP contribution in [0.25, 0.3) is 0 Å². The zero-order valence-electron chi connectivity index (χ0n) is 12.6. The highest BCUT2D eigenvalue weighted by Crippen LogP contribution is 2.32. The van der Waals surface area contributed by atoms with Crippen LogP contribution in [0.15, 0.2) is 16.6 Å². The van der Waals surface area contributed by atoms with Crippen molar-refractivity contribution in [3.8, 4) is 5.75 Å². The summed E-state index contributed by atoms with van der Waals surface area (Å²) in [5.74, 6) is 0.736. The summed E-state index contributed by atoms with van der Waals surface area (Å²) in [6, 6.07) is 3.82. The molecular formula is C15H19BrClN3O. The summed E-state index contributed by atoms with van der Waals surface area (Å²) >= 11 is 9.75. The van der Waals surface area contributed by atoms with E-state index in [1.807, 2.05) is 30.8 Å². The van der Waals surface area contributed by atoms with Crippen molar-refractivity contribution in [3.05, 3.63) is 38.6 Å². The number of hydrogen-bond acceptors (Lipinski definition) is 3. The van der Waals surface area contributed by atoms with Crippen LogP contribution in [0.4, 0.5) is 5.69 Å². The molecule has 21 heavy (non-hydrogen) atoms. The first-order chi connectivity index (χ1) is 9.97. The summed E-state index contributed by atoms with van der Waals surface area (Å²) in [5, 5.41) is 8.59. The Morgan fingerprint density at radius 1 is 1.43 bits per heavy atom. The SMILES string of the molecule is CCc1nn(C)c(CNc2cc(C)c(Cl)cc2OC)c1Br. The number of benzene rings is 1. The number of halogens is 2. The number of nitrogens with one attached hydrogen (secondary N) is 1. The van der Waals surface area contributed by atoms with E-state index in [2.05, 4.69) is 33.3 Å². The van der Waals surface area contributed by atoms with Gasteiger partial charge in [-0.05, 0) is 40.9 Å². The number of ether oxygens (including phenoxy) is 1. The topological polar surface area (TPSA) is 39.1 Å². The highest BCUT2D eigenvalue weighted by atomic mass is 79.9. The van der Waals surface area contributed by atoms with E-state index in [1.54, 1.807) is 7.11 Å². The van der Waals surface area contributed by atoms with Gasteiger partial charge in [-0.3, -0.25) is 4.68 Å². The maximum Gasteiger partial charge on any atom is 0.143 e. The molecule has 1 heterocycles. The fourth-order valence-corrected chi connectivity index (χ4v) is 3.07. The van der Waals surface area contributed by atoms with Crippen molar-refractivity contribution < 1.29 is 4.74 Å². The van der Waals surface area contributed by atoms with E-state index in [4.69, 9.17) is 16.3 Å². The molecule has 1 N–H and O–H groups in total. The van der Waals surface area contributed by atoms with Gasteiger partial charge in [0.25, 0.3) is 0 Å². The van der Waals surface area contributed by atoms with E-state index < -0.39 is 0 Å². The molecule has 1 aromatic carbocycles. The average Bonchev–Trinajstić information content (AvgIpc) is 2.74. The minimum Gasteiger partial charge on any atom is -0.495 e. The van der Waals surface area contributed by atoms with Crippen LogP contribution in [0.3, 0.4) is 0 Å². The second-order valence-electron chi connectivity index (χ2n) is 4.84. The number of hydrogen-bond donors (Lipinski definition) is 1. The summed E-state index contributed by atoms with van der Waals surface area (Å²) in [5.41, 5.74) is 4.10. The molecule has 114 valence electrons. The Labute approximate surface area is 138 Å². The van der Waals surface area contributed by atoms with E-state index >= 15 is 0 Å². The second kappa shape index (κ2) is 6.71. The monoisotopic (exact) mass is 371 g/mol. The van der Waals surface area contributed by atoms with Crippen molar-refractivity contribution >= 4 is 33.2 Å². The number of aryl methyl sites for hydroxylation is 3. The molecule has 0 radical (unpaired) electrons. The van der Waals surface area contributed by atoms with Crippen LogP contribution < -0.4 is 10.1 Å². The molecule has 0 fully saturated rings. The lowest BCUT2D eigenvalue weighted by Gasteiger charge is -2.13. The standard InChI is InChI=1S/C15H19BrClN3O/c1-5-11-15(16)13(20(3)19-11)8-18-12-6-9(2)10(17)7-14(12)21-4/h6-7,18H,5,8H2,1-4H3. The van der Waals surface area contributed by atoms with Gasteiger partial charge in [0.05, 0.1) is 35.2 Å². The summed E-state index contributed by atoms with van der Waals surface area (Å²) < 4.78 is 8.33. The van der Waals surface area contributed by atoms with Gasteiger partial charge in [-0.15, -0.1) is 0 Å². The van der Waals surface area contributed by atoms with Gasteiger partial charge < -0.3 is 10.1 Å². The van der Waals surface area contributed by atoms with Gasteiger partial charge in [0.15, 0.2) is 0 Å². The molecule has 2 aromatic rings. The molecule has 0 atom stereocenters. The Balaban J connectivity index is 2.24. The molecule has 0 saturated carbocycles. The molecule has 0 amide bonds. The van der Waals surface area contributed by atoms with Gasteiger partial charge in [-0.1, -0.05) is 18.5 Å². The summed E-state index contributed by atoms with van der Waals surface area (Å²) in [4.78, 5) is 0. The lowest BCUT2D eigenvalue weighted by atomic mass is 10.2. The van der Waals surface area contributed by atoms with Crippen molar-refractivity contribution in [2.24, 2.45) is 7.05 Å². The number of rotatable bonds is 5. The first kappa shape index (κ1) is 16.2. The zero-order valence-corrected chi connectivity index (χ0v) is 15.0. The smallest absolute Gasteiger partial charge is 0.143 e. The molecule has 0 aliphatic rings. The summed E-state index contributed by atoms with van der Waals surface area (Å²) in [6.07, 6.45) is 0.901. The Morgan fingerprint density at radius 3 is 2.71 bits per heavy atom. The molecule has 2 rings (SSSR count). The second-order valence-corrected chi connectivity index (χ2v) is 6.04. The number of anilines is 1. The summed E-state index contributed by atoms with van der Waals surface area (Å²) in [7, 11) is 3.59. The van der Waals surface area contributed by atoms with E-state index in [9.17, 15) is 0 Å². The molecule has 0 unspecified atom stereocenters. The van der Waals surface area contributed by atoms with Crippen molar-refractivity contribution in [3.63, 3.8) is 0 Å². The Hall–Kier alpha value is -1.20. The predicted octanol–water partition coefficient (Wildman–Crippen LogP) is 4.33. The summed E-state index contributed by atoms with van der Waals surface area (Å²) in [6.45, 7) is 4.72. The van der Waals surface area contributed by atoms with E-state index in [0.717, 1.165) is 39.3 Å². The minimum atomic E-state index is 0.654. The Kier molecular flexibility index (Phi) is 5.17. The van der Waals surface area contributed by atoms with Gasteiger partial charge in [0, 0.05) is 18.1 Å². The van der Waals surface area contributed by atoms with Crippen LogP contribution in [0.5, 0.6) is 5.75 Å². The third kappa shape index (κ3) is 3.35. The predicted molar refractivity (Wildman–Crippen MR) is 90.4 cm³/mol. The molecular weight excluding hydrogens is 354 g/mol. The third-order valence-electron chi connectivity index (χ3n) is 3.43. The lowest BCUT2D eigenvalue weighted by molar-refractivity contribution is 0.416. The van der Waals surface area contributed by atoms with E-state index in [-0.39, 0.29) is 0 Å². The molecule has 1 aromatic heterocycles. The highest BCUT2D eigenvalue weighted by Gasteiger charge is 2.13. The van der Waals surface area contributed by atoms with Gasteiger partial charge in [-0.25, -0.2) is 0 Å². The first-order valence-corrected chi connectivity index (χ1v) is 7.93. The van der Waals surface area contributed by atoms with Crippen molar-refractivity contribution in [2.75, 3.05) is 12.4 Å². The first-order valence-electron chi connectivity index (χ1n) is 6.76. The fourth-order valence-electron chi connectivity index (χ4n) is 2.16. The zero-order chi connectivity index (χ0) is 15.6. The van der Waals surface area contributed by atoms with Crippen LogP contribution in [0, 0.1) is 6.92 Å². The Bertz CT molecular complexity index is 655. The molecule has 6 heteroatoms. The number of aromatic nitrogens is 2. The van der Waals surface area contributed by atoms with Gasteiger partial charge in [0.1, 0.15) is 5.75 Å². The van der Waals surface area contributed by atoms with Gasteiger partial charge >= 0.3 is 0 Å². The highest BCUT2D eigenvalue weighted by molar-refractivity contribution is 9.10. The van der Waals surface area contributed by atoms with Gasteiger partial charge in [0.2, 0.25) is 0 Å². The van der Waals surface area contributed by atoms with Crippen LogP contribution in [0.1, 0.15) is 23.9 Å². The number of methoxy groups -OCH3 is 1. The fraction of sp³-hybridized carbons (Fsp3) is 0.400. The number of nitrogens with zero attached hydrogens (tertiary/aromatic N) is 2. The average molecular weight is 373 g/mol. The van der Waals surface area contributed by atoms with Crippen molar-refractivity contribution in [1.29, 1.82) is 0 Å². The molecule has 0 aliphatic carbocycles. The third-order valence-corrected chi connectivity index (χ3v) is 4.75. The van der Waals surface area contributed by atoms with Crippen molar-refractivity contribution in [2.45, 2.75) is 26.8 Å².